The molecule has 0 aliphatic carbocycles. The summed E-state index contributed by atoms with van der Waals surface area (Å²) < 4.78 is 2.49. The molecule has 0 fully saturated rings. The van der Waals surface area contributed by atoms with E-state index in [1.54, 1.807) is 0 Å². The third-order valence-electron chi connectivity index (χ3n) is 26.5. The summed E-state index contributed by atoms with van der Waals surface area (Å²) in [6.07, 6.45) is 0. The summed E-state index contributed by atoms with van der Waals surface area (Å²) in [7, 11) is 0. The highest BCUT2D eigenvalue weighted by molar-refractivity contribution is 7.00. The van der Waals surface area contributed by atoms with Crippen molar-refractivity contribution in [2.45, 2.75) is 71.6 Å². The van der Waals surface area contributed by atoms with Crippen LogP contribution in [-0.4, -0.2) is 11.3 Å². The van der Waals surface area contributed by atoms with Gasteiger partial charge in [-0.15, -0.1) is 0 Å². The van der Waals surface area contributed by atoms with E-state index in [1.807, 2.05) is 0 Å². The summed E-state index contributed by atoms with van der Waals surface area (Å²) >= 11 is 0. The molecule has 0 unspecified atom stereocenters. The lowest BCUT2D eigenvalue weighted by Gasteiger charge is -2.47. The highest BCUT2D eigenvalue weighted by atomic mass is 15.2. The highest BCUT2D eigenvalue weighted by Gasteiger charge is 2.47. The average Bonchev–Trinajstić information content (AvgIpc) is 0.900. The fourth-order valence-electron chi connectivity index (χ4n) is 19.8. The molecule has 19 aromatic rings. The fourth-order valence-corrected chi connectivity index (χ4v) is 19.8. The minimum Gasteiger partial charge on any atom is -0.310 e. The lowest BCUT2D eigenvalue weighted by molar-refractivity contribution is 0.590. The first-order valence-electron chi connectivity index (χ1n) is 43.6. The molecule has 4 aliphatic rings. The Labute approximate surface area is 728 Å². The van der Waals surface area contributed by atoms with Gasteiger partial charge in [-0.25, -0.2) is 0 Å². The molecule has 0 saturated heterocycles. The van der Waals surface area contributed by atoms with Crippen LogP contribution in [-0.2, 0) is 16.2 Å². The van der Waals surface area contributed by atoms with E-state index in [-0.39, 0.29) is 17.5 Å². The summed E-state index contributed by atoms with van der Waals surface area (Å²) in [4.78, 5) is 7.93. The Morgan fingerprint density at radius 3 is 0.960 bits per heavy atom. The van der Waals surface area contributed by atoms with Crippen LogP contribution in [0.15, 0.2) is 419 Å². The van der Waals surface area contributed by atoms with Gasteiger partial charge in [0.2, 0.25) is 0 Å². The molecule has 0 amide bonds. The molecule has 0 radical (unpaired) electrons. The largest absolute Gasteiger partial charge is 0.310 e. The molecule has 4 aliphatic heterocycles. The molecule has 23 rings (SSSR count). The van der Waals surface area contributed by atoms with E-state index in [2.05, 4.69) is 493 Å². The molecule has 4 bridgehead atoms. The van der Waals surface area contributed by atoms with Gasteiger partial charge < -0.3 is 19.3 Å². The maximum absolute atomic E-state index is 2.73. The van der Waals surface area contributed by atoms with Gasteiger partial charge in [-0.3, -0.25) is 0 Å². The highest BCUT2D eigenvalue weighted by Crippen LogP contribution is 2.57. The molecule has 124 heavy (non-hydrogen) atoms. The number of hydrogen-bond donors (Lipinski definition) is 0. The standard InChI is InChI=1S/C119H93BN4/c1-117(2,3)93-55-66-108-104(73-93)105-74-94(118(4,5)6)56-67-109(105)122(108)98-61-50-84(51-62-98)89-52-64-106-110(72-89)123-112-75-95(119(7,8)92-53-44-88(45-54-92)103-71-91(81-36-22-12-23-37-81)70-102(116(103)123)87-42-28-15-29-43-87)76-113-114(112)120(106)107-65-63-99(121(96-57-46-82(47-58-96)78-30-16-9-17-31-78)97-59-48-83(49-60-97)79-32-18-10-19-33-79)77-111(107)124(113)115-100(85-38-24-13-25-39-85)68-90(80-34-20-11-21-35-80)69-101(115)86-40-26-14-27-41-86/h9-77H,1-8H3. The zero-order chi connectivity index (χ0) is 83.7. The smallest absolute Gasteiger partial charge is 0.252 e. The molecule has 1 aromatic heterocycles. The van der Waals surface area contributed by atoms with E-state index < -0.39 is 5.41 Å². The van der Waals surface area contributed by atoms with E-state index in [0.29, 0.717) is 0 Å². The first-order valence-corrected chi connectivity index (χ1v) is 43.6. The van der Waals surface area contributed by atoms with E-state index in [0.717, 1.165) is 146 Å². The Morgan fingerprint density at radius 2 is 0.565 bits per heavy atom. The molecule has 5 heterocycles. The van der Waals surface area contributed by atoms with E-state index in [1.165, 1.54) is 71.6 Å². The van der Waals surface area contributed by atoms with Crippen LogP contribution in [0, 0.1) is 0 Å². The van der Waals surface area contributed by atoms with E-state index in [9.17, 15) is 0 Å². The van der Waals surface area contributed by atoms with Crippen LogP contribution in [0.2, 0.25) is 0 Å². The Kier molecular flexibility index (Phi) is 18.1. The molecule has 0 saturated carbocycles. The number of benzene rings is 18. The van der Waals surface area contributed by atoms with Crippen molar-refractivity contribution in [3.05, 3.63) is 441 Å². The predicted octanol–water partition coefficient (Wildman–Crippen LogP) is 30.6. The second kappa shape index (κ2) is 29.8. The zero-order valence-corrected chi connectivity index (χ0v) is 71.2. The molecule has 0 atom stereocenters. The molecule has 18 aromatic carbocycles. The molecule has 4 nitrogen and oxygen atoms in total. The fraction of sp³-hybridized carbons (Fsp3) is 0.0924. The van der Waals surface area contributed by atoms with Gasteiger partial charge in [-0.1, -0.05) is 359 Å². The van der Waals surface area contributed by atoms with Crippen LogP contribution in [0.25, 0.3) is 128 Å². The normalized spacial score (nSPS) is 13.0. The van der Waals surface area contributed by atoms with Crippen molar-refractivity contribution in [2.75, 3.05) is 14.7 Å². The summed E-state index contributed by atoms with van der Waals surface area (Å²) in [5.74, 6) is 0. The first-order chi connectivity index (χ1) is 60.5. The van der Waals surface area contributed by atoms with Crippen molar-refractivity contribution in [1.82, 2.24) is 4.57 Å². The van der Waals surface area contributed by atoms with Crippen LogP contribution in [0.4, 0.5) is 51.2 Å². The third-order valence-corrected chi connectivity index (χ3v) is 26.5. The second-order valence-electron chi connectivity index (χ2n) is 36.4. The number of hydrogen-bond acceptors (Lipinski definition) is 3. The topological polar surface area (TPSA) is 14.7 Å². The number of rotatable bonds is 13. The van der Waals surface area contributed by atoms with Crippen LogP contribution in [0.3, 0.4) is 0 Å². The SMILES string of the molecule is CC(C)(C)c1ccc2c(c1)c1cc(C(C)(C)C)ccc1n2-c1ccc(-c2ccc3c(c2)N2c4cc(cc5c4B3c3ccc(N(c4ccc(-c6ccccc6)cc4)c4ccc(-c6ccccc6)cc4)cc3N5c3c(-c4ccccc4)cc(-c4ccccc4)cc3-c3ccccc3)C(C)(C)c3ccc(cc3)-c3cc(-c4ccccc4)cc(-c4ccccc4)c32)cc1. The summed E-state index contributed by atoms with van der Waals surface area (Å²) in [6.45, 7) is 18.5. The maximum atomic E-state index is 2.73. The van der Waals surface area contributed by atoms with Crippen LogP contribution >= 0.6 is 0 Å². The predicted molar refractivity (Wildman–Crippen MR) is 528 cm³/mol. The number of nitrogens with zero attached hydrogens (tertiary/aromatic N) is 4. The van der Waals surface area contributed by atoms with Gasteiger partial charge in [0.25, 0.3) is 6.71 Å². The molecule has 0 spiro atoms. The van der Waals surface area contributed by atoms with Gasteiger partial charge in [0.15, 0.2) is 0 Å². The molecule has 5 heteroatoms. The second-order valence-corrected chi connectivity index (χ2v) is 36.4. The van der Waals surface area contributed by atoms with Crippen molar-refractivity contribution in [3.63, 3.8) is 0 Å². The lowest BCUT2D eigenvalue weighted by atomic mass is 9.33. The quantitative estimate of drug-likeness (QED) is 0.107. The Bertz CT molecular complexity index is 7100. The van der Waals surface area contributed by atoms with Gasteiger partial charge >= 0.3 is 0 Å². The summed E-state index contributed by atoms with van der Waals surface area (Å²) in [6, 6.07) is 159. The van der Waals surface area contributed by atoms with Crippen LogP contribution in [0.1, 0.15) is 77.6 Å². The van der Waals surface area contributed by atoms with Gasteiger partial charge in [-0.2, -0.15) is 0 Å². The maximum Gasteiger partial charge on any atom is 0.252 e. The molecule has 592 valence electrons. The first kappa shape index (κ1) is 75.4. The lowest BCUT2D eigenvalue weighted by Crippen LogP contribution is -2.61. The minimum absolute atomic E-state index is 0.0219. The minimum atomic E-state index is -0.548. The number of anilines is 9. The van der Waals surface area contributed by atoms with Crippen LogP contribution in [0.5, 0.6) is 0 Å². The van der Waals surface area contributed by atoms with Crippen molar-refractivity contribution in [2.24, 2.45) is 0 Å². The monoisotopic (exact) mass is 1590 g/mol. The summed E-state index contributed by atoms with van der Waals surface area (Å²) in [5.41, 5.74) is 41.9. The van der Waals surface area contributed by atoms with Crippen LogP contribution < -0.4 is 31.1 Å². The van der Waals surface area contributed by atoms with Crippen molar-refractivity contribution in [1.29, 1.82) is 0 Å². The number of aromatic nitrogens is 1. The van der Waals surface area contributed by atoms with E-state index >= 15 is 0 Å². The van der Waals surface area contributed by atoms with Gasteiger partial charge in [0, 0.05) is 83.9 Å². The Hall–Kier alpha value is -14.8. The zero-order valence-electron chi connectivity index (χ0n) is 71.2. The van der Waals surface area contributed by atoms with Crippen molar-refractivity contribution < 1.29 is 0 Å². The van der Waals surface area contributed by atoms with Gasteiger partial charge in [-0.05, 0) is 243 Å². The number of fused-ring (bicyclic) bond motifs is 9. The Balaban J connectivity index is 0.848. The van der Waals surface area contributed by atoms with Gasteiger partial charge in [0.1, 0.15) is 0 Å². The molecular formula is C119H93BN4. The summed E-state index contributed by atoms with van der Waals surface area (Å²) in [5, 5.41) is 2.55. The van der Waals surface area contributed by atoms with Crippen molar-refractivity contribution >= 4 is 96.1 Å². The molecule has 0 N–H and O–H groups in total. The average molecular weight is 1590 g/mol. The van der Waals surface area contributed by atoms with Gasteiger partial charge in [0.05, 0.1) is 22.4 Å². The Morgan fingerprint density at radius 1 is 0.250 bits per heavy atom. The molecular weight excluding hydrogens is 1500 g/mol. The third kappa shape index (κ3) is 13.0. The van der Waals surface area contributed by atoms with E-state index in [4.69, 9.17) is 0 Å². The van der Waals surface area contributed by atoms with Crippen molar-refractivity contribution in [3.8, 4) is 106 Å².